The maximum absolute atomic E-state index is 12.9. The monoisotopic (exact) mass is 331 g/mol. The fourth-order valence-electron chi connectivity index (χ4n) is 1.74. The molecule has 0 saturated carbocycles. The number of hydrogen-bond acceptors (Lipinski definition) is 6. The molecule has 1 unspecified atom stereocenters. The molecule has 0 aliphatic carbocycles. The van der Waals surface area contributed by atoms with Gasteiger partial charge in [-0.15, -0.1) is 0 Å². The zero-order valence-corrected chi connectivity index (χ0v) is 12.2. The average molecular weight is 331 g/mol. The molecule has 0 bridgehead atoms. The molecule has 2 aromatic rings. The smallest absolute Gasteiger partial charge is 0.384 e. The first-order valence-corrected chi connectivity index (χ1v) is 8.07. The van der Waals surface area contributed by atoms with E-state index in [1.165, 1.54) is 18.3 Å². The van der Waals surface area contributed by atoms with Crippen LogP contribution < -0.4 is 5.73 Å². The Morgan fingerprint density at radius 3 is 2.55 bits per heavy atom. The lowest BCUT2D eigenvalue weighted by molar-refractivity contribution is -0.141. The molecule has 0 aromatic carbocycles. The molecule has 0 aliphatic heterocycles. The quantitative estimate of drug-likeness (QED) is 0.898. The molecule has 3 N–H and O–H groups in total. The number of hydrogen-bond donors (Lipinski definition) is 2. The molecule has 1 atom stereocenters. The fourth-order valence-corrected chi connectivity index (χ4v) is 2.55. The van der Waals surface area contributed by atoms with Gasteiger partial charge in [-0.3, -0.25) is 4.78 Å². The summed E-state index contributed by atoms with van der Waals surface area (Å²) in [6.07, 6.45) is -2.23. The number of nitrogens with zero attached hydrogens (tertiary/aromatic N) is 3. The van der Waals surface area contributed by atoms with E-state index < -0.39 is 21.6 Å². The van der Waals surface area contributed by atoms with Crippen LogP contribution >= 0.6 is 0 Å². The third-order valence-electron chi connectivity index (χ3n) is 2.52. The fraction of sp³-hybridized carbons (Fsp3) is 0.250. The second-order valence-corrected chi connectivity index (χ2v) is 7.00. The van der Waals surface area contributed by atoms with Gasteiger partial charge in [0.15, 0.2) is 5.82 Å². The van der Waals surface area contributed by atoms with Gasteiger partial charge in [-0.1, -0.05) is 0 Å². The highest BCUT2D eigenvalue weighted by Gasteiger charge is 2.33. The minimum Gasteiger partial charge on any atom is -0.384 e. The summed E-state index contributed by atoms with van der Waals surface area (Å²) >= 11 is 0. The van der Waals surface area contributed by atoms with E-state index >= 15 is 0 Å². The van der Waals surface area contributed by atoms with Gasteiger partial charge in [-0.25, -0.2) is 19.2 Å². The number of rotatable bonds is 3. The number of alkyl halides is 3. The molecule has 6 nitrogen and oxygen atoms in total. The van der Waals surface area contributed by atoms with Crippen LogP contribution in [0.4, 0.5) is 19.0 Å². The lowest BCUT2D eigenvalue weighted by atomic mass is 10.2. The van der Waals surface area contributed by atoms with Crippen LogP contribution in [0, 0.1) is 4.78 Å². The highest BCUT2D eigenvalue weighted by atomic mass is 32.2. The van der Waals surface area contributed by atoms with Crippen LogP contribution in [0.15, 0.2) is 24.4 Å². The Bertz CT molecular complexity index is 805. The molecule has 0 saturated heterocycles. The van der Waals surface area contributed by atoms with Crippen LogP contribution in [-0.2, 0) is 21.7 Å². The predicted octanol–water partition coefficient (Wildman–Crippen LogP) is 2.32. The topological polar surface area (TPSA) is 106 Å². The van der Waals surface area contributed by atoms with Crippen LogP contribution in [0.2, 0.25) is 0 Å². The minimum absolute atomic E-state index is 0.0695. The minimum atomic E-state index is -4.68. The first-order chi connectivity index (χ1) is 10.0. The standard InChI is InChI=1S/C12H12F3N5OS/c1-22(17,21)6-7-4-8(11-18-3-2-10(16)20-11)19-9(5-7)12(13,14)15/h2-5,17H,6H2,1H3,(H2,16,18,20). The van der Waals surface area contributed by atoms with E-state index in [1.54, 1.807) is 0 Å². The third-order valence-corrected chi connectivity index (χ3v) is 3.41. The molecule has 2 aromatic heterocycles. The van der Waals surface area contributed by atoms with Gasteiger partial charge in [0.05, 0.1) is 5.75 Å². The van der Waals surface area contributed by atoms with Crippen LogP contribution in [0.3, 0.4) is 0 Å². The van der Waals surface area contributed by atoms with E-state index in [9.17, 15) is 17.4 Å². The predicted molar refractivity (Wildman–Crippen MR) is 75.2 cm³/mol. The molecule has 0 spiro atoms. The zero-order chi connectivity index (χ0) is 16.5. The molecule has 118 valence electrons. The maximum Gasteiger partial charge on any atom is 0.433 e. The summed E-state index contributed by atoms with van der Waals surface area (Å²) in [6.45, 7) is 0. The number of pyridine rings is 1. The van der Waals surface area contributed by atoms with Gasteiger partial charge < -0.3 is 5.73 Å². The number of aromatic nitrogens is 3. The van der Waals surface area contributed by atoms with E-state index in [0.29, 0.717) is 0 Å². The van der Waals surface area contributed by atoms with Gasteiger partial charge in [0.2, 0.25) is 0 Å². The summed E-state index contributed by atoms with van der Waals surface area (Å²) in [6, 6.07) is 3.44. The average Bonchev–Trinajstić information content (AvgIpc) is 2.35. The summed E-state index contributed by atoms with van der Waals surface area (Å²) in [7, 11) is -3.01. The van der Waals surface area contributed by atoms with Crippen molar-refractivity contribution in [3.63, 3.8) is 0 Å². The van der Waals surface area contributed by atoms with Gasteiger partial charge in [-0.05, 0) is 23.8 Å². The van der Waals surface area contributed by atoms with Gasteiger partial charge in [0, 0.05) is 22.2 Å². The number of nitrogens with two attached hydrogens (primary N) is 1. The summed E-state index contributed by atoms with van der Waals surface area (Å²) < 4.78 is 57.7. The zero-order valence-electron chi connectivity index (χ0n) is 11.4. The van der Waals surface area contributed by atoms with Gasteiger partial charge >= 0.3 is 6.18 Å². The molecular weight excluding hydrogens is 319 g/mol. The SMILES string of the molecule is CS(=N)(=O)Cc1cc(-c2nccc(N)n2)nc(C(F)(F)F)c1. The largest absolute Gasteiger partial charge is 0.433 e. The molecular formula is C12H12F3N5OS. The van der Waals surface area contributed by atoms with Crippen molar-refractivity contribution in [3.05, 3.63) is 35.7 Å². The Hall–Kier alpha value is -2.23. The van der Waals surface area contributed by atoms with Crippen molar-refractivity contribution in [2.24, 2.45) is 0 Å². The molecule has 0 amide bonds. The summed E-state index contributed by atoms with van der Waals surface area (Å²) in [5, 5.41) is 0. The molecule has 0 aliphatic rings. The molecule has 0 radical (unpaired) electrons. The van der Waals surface area contributed by atoms with Crippen molar-refractivity contribution >= 4 is 15.5 Å². The van der Waals surface area contributed by atoms with Crippen molar-refractivity contribution in [3.8, 4) is 11.5 Å². The van der Waals surface area contributed by atoms with Crippen molar-refractivity contribution < 1.29 is 17.4 Å². The molecule has 22 heavy (non-hydrogen) atoms. The van der Waals surface area contributed by atoms with Crippen molar-refractivity contribution in [2.75, 3.05) is 12.0 Å². The van der Waals surface area contributed by atoms with Gasteiger partial charge in [-0.2, -0.15) is 13.2 Å². The number of anilines is 1. The first kappa shape index (κ1) is 16.1. The summed E-state index contributed by atoms with van der Waals surface area (Å²) in [5.74, 6) is -0.307. The number of nitrogen functional groups attached to an aromatic ring is 1. The maximum atomic E-state index is 12.9. The van der Waals surface area contributed by atoms with Gasteiger partial charge in [0.25, 0.3) is 0 Å². The number of halogens is 3. The van der Waals surface area contributed by atoms with E-state index in [4.69, 9.17) is 10.5 Å². The van der Waals surface area contributed by atoms with Gasteiger partial charge in [0.1, 0.15) is 17.2 Å². The Balaban J connectivity index is 2.61. The Morgan fingerprint density at radius 1 is 1.32 bits per heavy atom. The summed E-state index contributed by atoms with van der Waals surface area (Å²) in [4.78, 5) is 11.1. The van der Waals surface area contributed by atoms with E-state index in [1.807, 2.05) is 0 Å². The number of nitrogens with one attached hydrogen (secondary N) is 1. The first-order valence-electron chi connectivity index (χ1n) is 5.93. The second-order valence-electron chi connectivity index (χ2n) is 4.70. The third kappa shape index (κ3) is 4.13. The van der Waals surface area contributed by atoms with Crippen LogP contribution in [0.1, 0.15) is 11.3 Å². The van der Waals surface area contributed by atoms with Crippen LogP contribution in [0.5, 0.6) is 0 Å². The highest BCUT2D eigenvalue weighted by Crippen LogP contribution is 2.30. The molecule has 0 fully saturated rings. The van der Waals surface area contributed by atoms with Crippen molar-refractivity contribution in [2.45, 2.75) is 11.9 Å². The highest BCUT2D eigenvalue weighted by molar-refractivity contribution is 7.90. The lowest BCUT2D eigenvalue weighted by Gasteiger charge is -2.11. The van der Waals surface area contributed by atoms with Crippen LogP contribution in [-0.4, -0.2) is 25.4 Å². The summed E-state index contributed by atoms with van der Waals surface area (Å²) in [5.41, 5.74) is 4.26. The molecule has 2 heterocycles. The van der Waals surface area contributed by atoms with Crippen molar-refractivity contribution in [1.82, 2.24) is 15.0 Å². The van der Waals surface area contributed by atoms with Crippen molar-refractivity contribution in [1.29, 1.82) is 4.78 Å². The van der Waals surface area contributed by atoms with Crippen LogP contribution in [0.25, 0.3) is 11.5 Å². The second kappa shape index (κ2) is 5.52. The Morgan fingerprint density at radius 2 is 2.00 bits per heavy atom. The van der Waals surface area contributed by atoms with E-state index in [0.717, 1.165) is 12.3 Å². The molecule has 10 heteroatoms. The lowest BCUT2D eigenvalue weighted by Crippen LogP contribution is -2.11. The van der Waals surface area contributed by atoms with E-state index in [2.05, 4.69) is 15.0 Å². The Labute approximate surface area is 124 Å². The Kier molecular flexibility index (Phi) is 4.05. The normalized spacial score (nSPS) is 14.5. The van der Waals surface area contributed by atoms with E-state index in [-0.39, 0.29) is 28.7 Å². The molecule has 2 rings (SSSR count).